The van der Waals surface area contributed by atoms with E-state index in [0.29, 0.717) is 11.1 Å². The van der Waals surface area contributed by atoms with Crippen molar-refractivity contribution >= 4 is 104 Å². The molecule has 0 fully saturated rings. The number of nitriles is 4. The van der Waals surface area contributed by atoms with Gasteiger partial charge in [0.05, 0.1) is 30.9 Å². The molecule has 4 aliphatic rings. The summed E-state index contributed by atoms with van der Waals surface area (Å²) in [5.74, 6) is -0.709. The predicted octanol–water partition coefficient (Wildman–Crippen LogP) is 25.8. The second kappa shape index (κ2) is 31.1. The Bertz CT molecular complexity index is 4650. The van der Waals surface area contributed by atoms with Crippen molar-refractivity contribution in [2.75, 3.05) is 0 Å². The molecule has 0 unspecified atom stereocenters. The number of hydrogen-bond acceptors (Lipinski definition) is 8. The summed E-state index contributed by atoms with van der Waals surface area (Å²) in [5, 5.41) is 43.2. The number of Topliss-reactive ketones (excluding diaryl/α,β-unsaturated/α-hetero) is 2. The van der Waals surface area contributed by atoms with Crippen LogP contribution in [-0.4, -0.2) is 11.6 Å². The van der Waals surface area contributed by atoms with Crippen LogP contribution in [0.3, 0.4) is 0 Å². The van der Waals surface area contributed by atoms with Crippen molar-refractivity contribution in [1.82, 2.24) is 0 Å². The lowest BCUT2D eigenvalue weighted by molar-refractivity contribution is 0.103. The van der Waals surface area contributed by atoms with E-state index in [4.69, 9.17) is 46.4 Å². The van der Waals surface area contributed by atoms with Gasteiger partial charge in [0.15, 0.2) is 11.6 Å². The second-order valence-corrected chi connectivity index (χ2v) is 31.4. The van der Waals surface area contributed by atoms with E-state index in [0.717, 1.165) is 178 Å². The van der Waals surface area contributed by atoms with Gasteiger partial charge in [-0.1, -0.05) is 248 Å². The fourth-order valence-electron chi connectivity index (χ4n) is 16.2. The molecule has 2 heterocycles. The van der Waals surface area contributed by atoms with Gasteiger partial charge in [0, 0.05) is 52.9 Å². The Morgan fingerprint density at radius 3 is 0.892 bits per heavy atom. The maximum Gasteiger partial charge on any atom is 0.194 e. The van der Waals surface area contributed by atoms with Gasteiger partial charge in [-0.05, 0) is 201 Å². The number of rotatable bonds is 26. The molecule has 0 saturated carbocycles. The number of ketones is 2. The van der Waals surface area contributed by atoms with Crippen molar-refractivity contribution in [3.05, 3.63) is 287 Å². The van der Waals surface area contributed by atoms with Gasteiger partial charge in [0.1, 0.15) is 35.4 Å². The van der Waals surface area contributed by atoms with Crippen molar-refractivity contribution in [3.8, 4) is 45.2 Å². The maximum absolute atomic E-state index is 15.0. The van der Waals surface area contributed by atoms with E-state index in [1.807, 2.05) is 12.2 Å². The number of nitrogens with zero attached hydrogens (tertiary/aromatic N) is 4. The SMILES string of the molecule is CCCCCCc1ccc(C2(c3ccc(CCCCCC)cc3)c3cc4c(cc3-c3sc(C=C5C(=O)c6cc(Cl)c(Cl)cc6C5=C(C#N)C#N)cc32)C(c2ccc(CCCCCC)cc2)(c2ccc(CCCCCC)cc2)c2cc(C=C3C(=O)c5cc(Cl)c(Cl)cc5C3=C(C#N)C#N)sc2-4)cc1. The van der Waals surface area contributed by atoms with Crippen molar-refractivity contribution < 1.29 is 9.59 Å². The van der Waals surface area contributed by atoms with Gasteiger partial charge in [-0.3, -0.25) is 9.59 Å². The Kier molecular flexibility index (Phi) is 21.9. The fourth-order valence-corrected chi connectivity index (χ4v) is 19.2. The highest BCUT2D eigenvalue weighted by molar-refractivity contribution is 7.17. The highest BCUT2D eigenvalue weighted by atomic mass is 35.5. The average Bonchev–Trinajstić information content (AvgIpc) is 1.49. The van der Waals surface area contributed by atoms with Crippen molar-refractivity contribution in [2.45, 2.75) is 167 Å². The smallest absolute Gasteiger partial charge is 0.194 e. The van der Waals surface area contributed by atoms with Crippen LogP contribution in [0.15, 0.2) is 168 Å². The number of aryl methyl sites for hydroxylation is 4. The lowest BCUT2D eigenvalue weighted by Crippen LogP contribution is -2.30. The highest BCUT2D eigenvalue weighted by Crippen LogP contribution is 2.66. The molecule has 13 rings (SSSR count). The summed E-state index contributed by atoms with van der Waals surface area (Å²) in [7, 11) is 0. The average molecular weight is 1450 g/mol. The third kappa shape index (κ3) is 13.0. The van der Waals surface area contributed by atoms with Crippen LogP contribution in [0.2, 0.25) is 20.1 Å². The number of halogens is 4. The molecule has 4 aliphatic carbocycles. The van der Waals surface area contributed by atoms with Crippen LogP contribution in [0, 0.1) is 45.3 Å². The molecule has 0 radical (unpaired) electrons. The zero-order valence-corrected chi connectivity index (χ0v) is 62.7. The molecule has 0 amide bonds. The number of unbranched alkanes of at least 4 members (excludes halogenated alkanes) is 12. The van der Waals surface area contributed by atoms with E-state index in [-0.39, 0.29) is 76.2 Å². The first-order valence-electron chi connectivity index (χ1n) is 36.2. The Morgan fingerprint density at radius 1 is 0.353 bits per heavy atom. The van der Waals surface area contributed by atoms with Gasteiger partial charge < -0.3 is 0 Å². The summed E-state index contributed by atoms with van der Waals surface area (Å²) >= 11 is 29.8. The summed E-state index contributed by atoms with van der Waals surface area (Å²) in [6.07, 6.45) is 25.8. The van der Waals surface area contributed by atoms with Crippen LogP contribution >= 0.6 is 69.1 Å². The van der Waals surface area contributed by atoms with Crippen LogP contribution in [-0.2, 0) is 36.5 Å². The van der Waals surface area contributed by atoms with Gasteiger partial charge in [-0.2, -0.15) is 21.0 Å². The van der Waals surface area contributed by atoms with E-state index in [2.05, 4.69) is 173 Å². The van der Waals surface area contributed by atoms with Crippen LogP contribution in [0.4, 0.5) is 0 Å². The van der Waals surface area contributed by atoms with Gasteiger partial charge >= 0.3 is 0 Å². The molecule has 6 nitrogen and oxygen atoms in total. The summed E-state index contributed by atoms with van der Waals surface area (Å²) in [5.41, 5.74) is 15.6. The third-order valence-electron chi connectivity index (χ3n) is 21.3. The Hall–Kier alpha value is -8.64. The van der Waals surface area contributed by atoms with Crippen molar-refractivity contribution in [3.63, 3.8) is 0 Å². The number of thiophene rings is 2. The second-order valence-electron chi connectivity index (χ2n) is 27.6. The molecule has 7 aromatic carbocycles. The Morgan fingerprint density at radius 2 is 0.627 bits per heavy atom. The van der Waals surface area contributed by atoms with Gasteiger partial charge in [0.2, 0.25) is 0 Å². The maximum atomic E-state index is 15.0. The van der Waals surface area contributed by atoms with Crippen LogP contribution < -0.4 is 0 Å². The Balaban J connectivity index is 1.12. The molecule has 0 aliphatic heterocycles. The first-order chi connectivity index (χ1) is 49.7. The Labute approximate surface area is 628 Å². The quantitative estimate of drug-likeness (QED) is 0.0302. The summed E-state index contributed by atoms with van der Waals surface area (Å²) in [4.78, 5) is 33.6. The molecule has 0 bridgehead atoms. The largest absolute Gasteiger partial charge is 0.289 e. The standard InChI is InChI=1S/C90H78Cl4N4O2S2/c1-5-9-13-17-21-55-25-33-61(34-26-55)89(62-35-27-56(28-36-62)22-18-14-10-6-2)75-45-72-76(46-71(75)87-77(89)43-65(101-87)41-73-83(59(51-95)52-96)67-47-79(91)81(93)49-69(67)85(73)99)90(63-37-29-57(30-38-63)23-19-15-11-7-3,64-39-31-58(32-40-64)24-20-16-12-8-4)78-44-66(102-88(72)78)42-74-84(60(53-97)54-98)68-48-80(92)82(94)50-70(68)86(74)100/h25-50H,5-24H2,1-4H3. The number of benzene rings is 7. The molecule has 510 valence electrons. The van der Waals surface area contributed by atoms with Crippen molar-refractivity contribution in [2.24, 2.45) is 0 Å². The lowest BCUT2D eigenvalue weighted by Gasteiger charge is -2.35. The molecule has 0 saturated heterocycles. The minimum atomic E-state index is -0.955. The number of fused-ring (bicyclic) bond motifs is 8. The normalized spacial score (nSPS) is 14.8. The van der Waals surface area contributed by atoms with Gasteiger partial charge in [-0.15, -0.1) is 22.7 Å². The number of carbonyl (C=O) groups is 2. The monoisotopic (exact) mass is 1450 g/mol. The molecule has 0 spiro atoms. The zero-order valence-electron chi connectivity index (χ0n) is 58.1. The van der Waals surface area contributed by atoms with E-state index in [1.54, 1.807) is 34.8 Å². The van der Waals surface area contributed by atoms with Crippen LogP contribution in [0.5, 0.6) is 0 Å². The van der Waals surface area contributed by atoms with E-state index < -0.39 is 10.8 Å². The van der Waals surface area contributed by atoms with Crippen molar-refractivity contribution in [1.29, 1.82) is 21.0 Å². The summed E-state index contributed by atoms with van der Waals surface area (Å²) in [6.45, 7) is 8.96. The van der Waals surface area contributed by atoms with Crippen LogP contribution in [0.25, 0.3) is 44.2 Å². The molecular weight excluding hydrogens is 1370 g/mol. The number of allylic oxidation sites excluding steroid dienone is 6. The lowest BCUT2D eigenvalue weighted by atomic mass is 9.65. The van der Waals surface area contributed by atoms with E-state index >= 15 is 9.59 Å². The molecule has 2 aromatic heterocycles. The predicted molar refractivity (Wildman–Crippen MR) is 422 cm³/mol. The first-order valence-corrected chi connectivity index (χ1v) is 39.3. The van der Waals surface area contributed by atoms with Crippen LogP contribution in [0.1, 0.15) is 239 Å². The molecule has 0 atom stereocenters. The minimum Gasteiger partial charge on any atom is -0.289 e. The molecule has 9 aromatic rings. The summed E-state index contributed by atoms with van der Waals surface area (Å²) in [6, 6.07) is 61.0. The zero-order chi connectivity index (χ0) is 71.4. The van der Waals surface area contributed by atoms with E-state index in [9.17, 15) is 21.0 Å². The highest BCUT2D eigenvalue weighted by Gasteiger charge is 2.53. The molecular formula is C90H78Cl4N4O2S2. The third-order valence-corrected chi connectivity index (χ3v) is 25.0. The molecule has 0 N–H and O–H groups in total. The van der Waals surface area contributed by atoms with Gasteiger partial charge in [0.25, 0.3) is 0 Å². The van der Waals surface area contributed by atoms with Gasteiger partial charge in [-0.25, -0.2) is 0 Å². The number of carbonyl (C=O) groups excluding carboxylic acids is 2. The molecule has 102 heavy (non-hydrogen) atoms. The minimum absolute atomic E-state index is 0.195. The first kappa shape index (κ1) is 71.7. The molecule has 12 heteroatoms. The van der Waals surface area contributed by atoms with E-state index in [1.165, 1.54) is 60.1 Å². The number of hydrogen-bond donors (Lipinski definition) is 0. The summed E-state index contributed by atoms with van der Waals surface area (Å²) < 4.78 is 0. The fraction of sp³-hybridized carbons (Fsp3) is 0.289. The topological polar surface area (TPSA) is 129 Å².